The fraction of sp³-hybridized carbons (Fsp3) is 1.00. The highest BCUT2D eigenvalue weighted by Gasteiger charge is 2.27. The summed E-state index contributed by atoms with van der Waals surface area (Å²) in [6.45, 7) is 2.32. The molecule has 0 aromatic rings. The molecular weight excluding hydrogens is 138 g/mol. The van der Waals surface area contributed by atoms with E-state index in [9.17, 15) is 0 Å². The number of hydrogen-bond donors (Lipinski definition) is 1. The molecule has 0 aromatic carbocycles. The summed E-state index contributed by atoms with van der Waals surface area (Å²) in [5.41, 5.74) is 0.574. The van der Waals surface area contributed by atoms with Crippen LogP contribution in [0.25, 0.3) is 0 Å². The topological polar surface area (TPSA) is 12.0 Å². The zero-order valence-electron chi connectivity index (χ0n) is 7.24. The summed E-state index contributed by atoms with van der Waals surface area (Å²) >= 11 is 0. The first kappa shape index (κ1) is 8.28. The Kier molecular flexibility index (Phi) is 2.92. The summed E-state index contributed by atoms with van der Waals surface area (Å²) in [5, 5.41) is 0. The average molecular weight is 157 g/mol. The van der Waals surface area contributed by atoms with Gasteiger partial charge < -0.3 is 4.98 Å². The standard InChI is InChI=1S/C8H19NSi/c1-2-8(9-10)6-4-3-5-7-8/h9H,2-7H2,1,10H3. The average Bonchev–Trinajstić information content (AvgIpc) is 2.06. The molecule has 0 atom stereocenters. The van der Waals surface area contributed by atoms with E-state index in [1.54, 1.807) is 0 Å². The van der Waals surface area contributed by atoms with Crippen LogP contribution in [-0.2, 0) is 0 Å². The van der Waals surface area contributed by atoms with Crippen LogP contribution in [0.3, 0.4) is 0 Å². The molecule has 1 aliphatic carbocycles. The monoisotopic (exact) mass is 157 g/mol. The summed E-state index contributed by atoms with van der Waals surface area (Å²) in [6.07, 6.45) is 8.54. The molecular formula is C8H19NSi. The van der Waals surface area contributed by atoms with Crippen molar-refractivity contribution in [2.45, 2.75) is 51.0 Å². The van der Waals surface area contributed by atoms with E-state index in [2.05, 4.69) is 11.9 Å². The predicted molar refractivity (Wildman–Crippen MR) is 49.2 cm³/mol. The minimum Gasteiger partial charge on any atom is -0.340 e. The second kappa shape index (κ2) is 3.53. The van der Waals surface area contributed by atoms with Crippen molar-refractivity contribution in [3.05, 3.63) is 0 Å². The molecule has 0 radical (unpaired) electrons. The molecule has 2 heteroatoms. The number of hydrogen-bond acceptors (Lipinski definition) is 1. The molecule has 0 unspecified atom stereocenters. The summed E-state index contributed by atoms with van der Waals surface area (Å²) < 4.78 is 0. The predicted octanol–water partition coefficient (Wildman–Crippen LogP) is 0.969. The highest BCUT2D eigenvalue weighted by molar-refractivity contribution is 6.04. The highest BCUT2D eigenvalue weighted by atomic mass is 28.2. The van der Waals surface area contributed by atoms with Crippen molar-refractivity contribution in [2.75, 3.05) is 0 Å². The lowest BCUT2D eigenvalue weighted by atomic mass is 9.81. The lowest BCUT2D eigenvalue weighted by Crippen LogP contribution is -2.44. The Morgan fingerprint density at radius 2 is 1.90 bits per heavy atom. The van der Waals surface area contributed by atoms with E-state index in [-0.39, 0.29) is 0 Å². The second-order valence-corrected chi connectivity index (χ2v) is 3.94. The number of nitrogens with one attached hydrogen (secondary N) is 1. The van der Waals surface area contributed by atoms with Gasteiger partial charge in [-0.15, -0.1) is 0 Å². The van der Waals surface area contributed by atoms with Crippen LogP contribution >= 0.6 is 0 Å². The fourth-order valence-electron chi connectivity index (χ4n) is 2.01. The Labute approximate surface area is 67.1 Å². The van der Waals surface area contributed by atoms with Crippen molar-refractivity contribution in [3.63, 3.8) is 0 Å². The van der Waals surface area contributed by atoms with Crippen molar-refractivity contribution in [1.82, 2.24) is 4.98 Å². The molecule has 0 aromatic heterocycles. The lowest BCUT2D eigenvalue weighted by Gasteiger charge is -2.36. The van der Waals surface area contributed by atoms with Crippen molar-refractivity contribution in [2.24, 2.45) is 0 Å². The SMILES string of the molecule is CCC1(N[SiH3])CCCCC1. The normalized spacial score (nSPS) is 24.9. The molecule has 1 saturated carbocycles. The van der Waals surface area contributed by atoms with Gasteiger partial charge in [-0.25, -0.2) is 0 Å². The molecule has 0 bridgehead atoms. The van der Waals surface area contributed by atoms with E-state index in [1.165, 1.54) is 38.5 Å². The van der Waals surface area contributed by atoms with Crippen LogP contribution in [-0.4, -0.2) is 15.9 Å². The summed E-state index contributed by atoms with van der Waals surface area (Å²) in [6, 6.07) is 0. The van der Waals surface area contributed by atoms with Crippen LogP contribution in [0.5, 0.6) is 0 Å². The molecule has 0 aliphatic heterocycles. The first-order valence-corrected chi connectivity index (χ1v) is 5.52. The van der Waals surface area contributed by atoms with Gasteiger partial charge in [-0.2, -0.15) is 0 Å². The van der Waals surface area contributed by atoms with Gasteiger partial charge in [0.25, 0.3) is 0 Å². The minimum atomic E-state index is 0.574. The quantitative estimate of drug-likeness (QED) is 0.589. The fourth-order valence-corrected chi connectivity index (χ4v) is 2.86. The van der Waals surface area contributed by atoms with E-state index < -0.39 is 0 Å². The Hall–Kier alpha value is 0.177. The molecule has 1 nitrogen and oxygen atoms in total. The van der Waals surface area contributed by atoms with Crippen molar-refractivity contribution in [1.29, 1.82) is 0 Å². The highest BCUT2D eigenvalue weighted by Crippen LogP contribution is 2.29. The molecule has 0 heterocycles. The molecule has 1 aliphatic rings. The van der Waals surface area contributed by atoms with E-state index in [1.807, 2.05) is 0 Å². The largest absolute Gasteiger partial charge is 0.340 e. The Bertz CT molecular complexity index is 91.4. The smallest absolute Gasteiger partial charge is 0.0755 e. The molecule has 60 valence electrons. The molecule has 1 N–H and O–H groups in total. The van der Waals surface area contributed by atoms with Crippen LogP contribution in [0.1, 0.15) is 45.4 Å². The van der Waals surface area contributed by atoms with Gasteiger partial charge in [0.1, 0.15) is 0 Å². The van der Waals surface area contributed by atoms with Gasteiger partial charge in [0, 0.05) is 5.54 Å². The van der Waals surface area contributed by atoms with Gasteiger partial charge in [0.15, 0.2) is 0 Å². The van der Waals surface area contributed by atoms with Gasteiger partial charge in [0.2, 0.25) is 0 Å². The second-order valence-electron chi connectivity index (χ2n) is 3.44. The first-order chi connectivity index (χ1) is 4.83. The van der Waals surface area contributed by atoms with Crippen molar-refractivity contribution >= 4 is 10.4 Å². The van der Waals surface area contributed by atoms with Gasteiger partial charge in [0.05, 0.1) is 10.4 Å². The minimum absolute atomic E-state index is 0.574. The van der Waals surface area contributed by atoms with Crippen molar-refractivity contribution in [3.8, 4) is 0 Å². The van der Waals surface area contributed by atoms with Crippen molar-refractivity contribution < 1.29 is 0 Å². The zero-order chi connectivity index (χ0) is 7.45. The third kappa shape index (κ3) is 1.61. The molecule has 1 fully saturated rings. The van der Waals surface area contributed by atoms with E-state index >= 15 is 0 Å². The summed E-state index contributed by atoms with van der Waals surface area (Å²) in [7, 11) is 1.16. The lowest BCUT2D eigenvalue weighted by molar-refractivity contribution is 0.263. The molecule has 0 spiro atoms. The maximum absolute atomic E-state index is 3.61. The van der Waals surface area contributed by atoms with Gasteiger partial charge in [-0.1, -0.05) is 26.2 Å². The molecule has 1 rings (SSSR count). The van der Waals surface area contributed by atoms with E-state index in [0.29, 0.717) is 5.54 Å². The van der Waals surface area contributed by atoms with E-state index in [4.69, 9.17) is 0 Å². The molecule has 0 amide bonds. The van der Waals surface area contributed by atoms with Gasteiger partial charge in [-0.3, -0.25) is 0 Å². The first-order valence-electron chi connectivity index (χ1n) is 4.52. The maximum Gasteiger partial charge on any atom is 0.0755 e. The van der Waals surface area contributed by atoms with Crippen LogP contribution in [0.2, 0.25) is 0 Å². The summed E-state index contributed by atoms with van der Waals surface area (Å²) in [5.74, 6) is 0. The molecule has 10 heavy (non-hydrogen) atoms. The van der Waals surface area contributed by atoms with Gasteiger partial charge >= 0.3 is 0 Å². The Balaban J connectivity index is 2.44. The Morgan fingerprint density at radius 1 is 1.30 bits per heavy atom. The van der Waals surface area contributed by atoms with Crippen LogP contribution in [0.15, 0.2) is 0 Å². The third-order valence-corrected chi connectivity index (χ3v) is 4.08. The van der Waals surface area contributed by atoms with E-state index in [0.717, 1.165) is 10.4 Å². The zero-order valence-corrected chi connectivity index (χ0v) is 9.24. The van der Waals surface area contributed by atoms with Gasteiger partial charge in [-0.05, 0) is 19.3 Å². The van der Waals surface area contributed by atoms with Crippen LogP contribution in [0, 0.1) is 0 Å². The Morgan fingerprint density at radius 3 is 2.20 bits per heavy atom. The van der Waals surface area contributed by atoms with Crippen LogP contribution < -0.4 is 4.98 Å². The number of rotatable bonds is 2. The maximum atomic E-state index is 3.61. The summed E-state index contributed by atoms with van der Waals surface area (Å²) in [4.78, 5) is 3.61. The third-order valence-electron chi connectivity index (χ3n) is 3.02. The molecule has 0 saturated heterocycles. The van der Waals surface area contributed by atoms with Crippen LogP contribution in [0.4, 0.5) is 0 Å².